The van der Waals surface area contributed by atoms with Crippen molar-refractivity contribution in [2.45, 2.75) is 33.3 Å². The summed E-state index contributed by atoms with van der Waals surface area (Å²) >= 11 is 0. The van der Waals surface area contributed by atoms with Gasteiger partial charge in [-0.1, -0.05) is 36.4 Å². The number of hydrogen-bond donors (Lipinski definition) is 2. The topological polar surface area (TPSA) is 74.9 Å². The number of nitrogens with zero attached hydrogens (tertiary/aromatic N) is 2. The van der Waals surface area contributed by atoms with Gasteiger partial charge in [0, 0.05) is 17.6 Å². The second kappa shape index (κ2) is 7.69. The lowest BCUT2D eigenvalue weighted by Gasteiger charge is -2.25. The van der Waals surface area contributed by atoms with Gasteiger partial charge in [0.1, 0.15) is 5.60 Å². The molecule has 3 aromatic rings. The summed E-state index contributed by atoms with van der Waals surface area (Å²) in [7, 11) is -1.85. The van der Waals surface area contributed by atoms with E-state index in [0.717, 1.165) is 11.1 Å². The van der Waals surface area contributed by atoms with Crippen LogP contribution in [0.1, 0.15) is 27.7 Å². The van der Waals surface area contributed by atoms with Crippen molar-refractivity contribution >= 4 is 41.1 Å². The van der Waals surface area contributed by atoms with Gasteiger partial charge < -0.3 is 19.7 Å². The van der Waals surface area contributed by atoms with Crippen LogP contribution in [0.5, 0.6) is 0 Å². The zero-order valence-electron chi connectivity index (χ0n) is 16.6. The molecule has 0 spiro atoms. The first-order valence-corrected chi connectivity index (χ1v) is 9.30. The Morgan fingerprint density at radius 2 is 1.68 bits per heavy atom. The van der Waals surface area contributed by atoms with Crippen LogP contribution in [0.3, 0.4) is 0 Å². The fourth-order valence-electron chi connectivity index (χ4n) is 3.35. The molecule has 0 radical (unpaired) electrons. The molecule has 0 saturated carbocycles. The van der Waals surface area contributed by atoms with Crippen molar-refractivity contribution < 1.29 is 19.6 Å². The molecule has 146 valence electrons. The highest BCUT2D eigenvalue weighted by molar-refractivity contribution is 6.61. The second-order valence-electron chi connectivity index (χ2n) is 7.52. The van der Waals surface area contributed by atoms with Gasteiger partial charge in [-0.3, -0.25) is 4.57 Å². The van der Waals surface area contributed by atoms with Crippen molar-refractivity contribution in [3.63, 3.8) is 0 Å². The number of rotatable bonds is 4. The van der Waals surface area contributed by atoms with Gasteiger partial charge in [-0.25, -0.2) is 4.79 Å². The van der Waals surface area contributed by atoms with Gasteiger partial charge in [-0.2, -0.15) is 0 Å². The first-order valence-electron chi connectivity index (χ1n) is 9.30. The van der Waals surface area contributed by atoms with Crippen molar-refractivity contribution in [3.8, 4) is 0 Å². The molecule has 3 rings (SSSR count). The lowest BCUT2D eigenvalue weighted by Crippen LogP contribution is -2.43. The molecule has 0 amide bonds. The molecule has 0 aliphatic heterocycles. The Morgan fingerprint density at radius 3 is 2.25 bits per heavy atom. The monoisotopic (exact) mass is 380 g/mol. The summed E-state index contributed by atoms with van der Waals surface area (Å²) in [5.41, 5.74) is 1.39. The second-order valence-corrected chi connectivity index (χ2v) is 7.52. The summed E-state index contributed by atoms with van der Waals surface area (Å²) in [5, 5.41) is 21.2. The summed E-state index contributed by atoms with van der Waals surface area (Å²) in [6, 6.07) is 16.9. The van der Waals surface area contributed by atoms with Crippen LogP contribution in [0.4, 0.5) is 16.2 Å². The molecule has 0 aliphatic rings. The molecule has 0 saturated heterocycles. The highest BCUT2D eigenvalue weighted by atomic mass is 16.6. The minimum atomic E-state index is -1.85. The van der Waals surface area contributed by atoms with Crippen molar-refractivity contribution in [3.05, 3.63) is 54.6 Å². The number of para-hydroxylation sites is 2. The molecule has 0 aliphatic carbocycles. The number of benzene rings is 2. The van der Waals surface area contributed by atoms with Crippen LogP contribution < -0.4 is 10.5 Å². The van der Waals surface area contributed by atoms with Gasteiger partial charge >= 0.3 is 13.2 Å². The minimum Gasteiger partial charge on any atom is -0.443 e. The molecular weight excluding hydrogens is 355 g/mol. The quantitative estimate of drug-likeness (QED) is 0.680. The number of hydrogen-bond acceptors (Lipinski definition) is 5. The van der Waals surface area contributed by atoms with E-state index in [1.54, 1.807) is 32.9 Å². The Bertz CT molecular complexity index is 977. The molecule has 6 nitrogen and oxygen atoms in total. The maximum atomic E-state index is 13.0. The predicted octanol–water partition coefficient (Wildman–Crippen LogP) is 3.26. The third-order valence-corrected chi connectivity index (χ3v) is 4.36. The predicted molar refractivity (Wildman–Crippen MR) is 113 cm³/mol. The van der Waals surface area contributed by atoms with E-state index in [9.17, 15) is 14.8 Å². The van der Waals surface area contributed by atoms with E-state index in [0.29, 0.717) is 17.7 Å². The lowest BCUT2D eigenvalue weighted by atomic mass is 9.84. The molecule has 0 fully saturated rings. The fourth-order valence-corrected chi connectivity index (χ4v) is 3.35. The van der Waals surface area contributed by atoms with Crippen LogP contribution >= 0.6 is 0 Å². The number of carbonyl (C=O) groups excluding carboxylic acids is 1. The summed E-state index contributed by atoms with van der Waals surface area (Å²) < 4.78 is 6.79. The molecule has 2 aromatic carbocycles. The Morgan fingerprint density at radius 1 is 1.07 bits per heavy atom. The molecular formula is C21H25BN2O4. The third kappa shape index (κ3) is 3.77. The van der Waals surface area contributed by atoms with Crippen LogP contribution in [0, 0.1) is 0 Å². The van der Waals surface area contributed by atoms with E-state index >= 15 is 0 Å². The van der Waals surface area contributed by atoms with Crippen LogP contribution in [0.15, 0.2) is 54.6 Å². The molecule has 0 unspecified atom stereocenters. The Labute approximate surface area is 165 Å². The standard InChI is InChI=1S/C21H25BN2O4/c1-5-23(15-11-7-6-8-12-15)18-16-13-9-10-14-17(16)24(19(18)22(26)27)20(25)28-21(2,3)4/h6-14,26-27H,5H2,1-4H3. The Balaban J connectivity index is 2.31. The van der Waals surface area contributed by atoms with Gasteiger partial charge in [0.05, 0.1) is 16.8 Å². The molecule has 0 bridgehead atoms. The van der Waals surface area contributed by atoms with E-state index in [1.807, 2.05) is 54.3 Å². The van der Waals surface area contributed by atoms with Gasteiger partial charge in [0.15, 0.2) is 0 Å². The molecule has 7 heteroatoms. The Hall–Kier alpha value is -2.77. The van der Waals surface area contributed by atoms with Crippen LogP contribution in [-0.4, -0.2) is 40.0 Å². The van der Waals surface area contributed by atoms with E-state index < -0.39 is 18.8 Å². The van der Waals surface area contributed by atoms with Crippen molar-refractivity contribution in [2.75, 3.05) is 11.4 Å². The van der Waals surface area contributed by atoms with E-state index in [4.69, 9.17) is 4.74 Å². The summed E-state index contributed by atoms with van der Waals surface area (Å²) in [5.74, 6) is 0. The molecule has 28 heavy (non-hydrogen) atoms. The molecule has 2 N–H and O–H groups in total. The van der Waals surface area contributed by atoms with Crippen molar-refractivity contribution in [1.29, 1.82) is 0 Å². The van der Waals surface area contributed by atoms with Gasteiger partial charge in [-0.15, -0.1) is 0 Å². The maximum absolute atomic E-state index is 13.0. The number of anilines is 2. The van der Waals surface area contributed by atoms with Crippen LogP contribution in [0.2, 0.25) is 0 Å². The van der Waals surface area contributed by atoms with Crippen LogP contribution in [0.25, 0.3) is 10.9 Å². The number of carbonyl (C=O) groups is 1. The first kappa shape index (κ1) is 20.0. The maximum Gasteiger partial charge on any atom is 0.508 e. The minimum absolute atomic E-state index is 0.0844. The van der Waals surface area contributed by atoms with E-state index in [-0.39, 0.29) is 5.59 Å². The molecule has 1 heterocycles. The zero-order chi connectivity index (χ0) is 20.5. The first-order chi connectivity index (χ1) is 13.2. The van der Waals surface area contributed by atoms with Crippen LogP contribution in [-0.2, 0) is 4.74 Å². The van der Waals surface area contributed by atoms with E-state index in [1.165, 1.54) is 4.57 Å². The van der Waals surface area contributed by atoms with Gasteiger partial charge in [-0.05, 0) is 45.9 Å². The smallest absolute Gasteiger partial charge is 0.443 e. The van der Waals surface area contributed by atoms with Crippen molar-refractivity contribution in [1.82, 2.24) is 4.57 Å². The SMILES string of the molecule is CCN(c1ccccc1)c1c(B(O)O)n(C(=O)OC(C)(C)C)c2ccccc12. The summed E-state index contributed by atoms with van der Waals surface area (Å²) in [6.45, 7) is 7.87. The largest absolute Gasteiger partial charge is 0.508 e. The normalized spacial score (nSPS) is 11.5. The lowest BCUT2D eigenvalue weighted by molar-refractivity contribution is 0.0548. The highest BCUT2D eigenvalue weighted by Crippen LogP contribution is 2.33. The number of aromatic nitrogens is 1. The highest BCUT2D eigenvalue weighted by Gasteiger charge is 2.33. The molecule has 0 atom stereocenters. The average molecular weight is 380 g/mol. The molecule has 1 aromatic heterocycles. The summed E-state index contributed by atoms with van der Waals surface area (Å²) in [4.78, 5) is 14.9. The Kier molecular flexibility index (Phi) is 5.49. The fraction of sp³-hybridized carbons (Fsp3) is 0.286. The average Bonchev–Trinajstić information content (AvgIpc) is 2.98. The van der Waals surface area contributed by atoms with Crippen molar-refractivity contribution in [2.24, 2.45) is 0 Å². The number of ether oxygens (including phenoxy) is 1. The van der Waals surface area contributed by atoms with E-state index in [2.05, 4.69) is 0 Å². The van der Waals surface area contributed by atoms with Gasteiger partial charge in [0.2, 0.25) is 0 Å². The third-order valence-electron chi connectivity index (χ3n) is 4.36. The van der Waals surface area contributed by atoms with Gasteiger partial charge in [0.25, 0.3) is 0 Å². The number of fused-ring (bicyclic) bond motifs is 1. The summed E-state index contributed by atoms with van der Waals surface area (Å²) in [6.07, 6.45) is -0.651. The zero-order valence-corrected chi connectivity index (χ0v) is 16.6.